The first-order valence-corrected chi connectivity index (χ1v) is 11.6. The quantitative estimate of drug-likeness (QED) is 0.363. The van der Waals surface area contributed by atoms with Crippen molar-refractivity contribution in [2.75, 3.05) is 31.1 Å². The third kappa shape index (κ3) is 3.77. The number of aromatic nitrogens is 2. The van der Waals surface area contributed by atoms with Crippen LogP contribution in [0.25, 0.3) is 16.6 Å². The van der Waals surface area contributed by atoms with E-state index in [0.717, 1.165) is 53.9 Å². The number of rotatable bonds is 4. The molecule has 1 saturated heterocycles. The van der Waals surface area contributed by atoms with Crippen LogP contribution in [0.1, 0.15) is 12.5 Å². The Morgan fingerprint density at radius 2 is 1.76 bits per heavy atom. The van der Waals surface area contributed by atoms with E-state index in [1.165, 1.54) is 16.0 Å². The SMILES string of the molecule is CCc1ccc(SN2CCN(c3nc4cc(Br)ccc4n4cccc34)CC2)cc1. The molecule has 5 rings (SSSR count). The summed E-state index contributed by atoms with van der Waals surface area (Å²) < 4.78 is 5.77. The molecule has 0 aliphatic carbocycles. The molecular formula is C23H23BrN4S. The van der Waals surface area contributed by atoms with E-state index >= 15 is 0 Å². The van der Waals surface area contributed by atoms with E-state index in [-0.39, 0.29) is 0 Å². The maximum atomic E-state index is 5.04. The van der Waals surface area contributed by atoms with Crippen molar-refractivity contribution in [3.63, 3.8) is 0 Å². The number of nitrogens with zero attached hydrogens (tertiary/aromatic N) is 4. The normalized spacial score (nSPS) is 15.4. The molecule has 0 unspecified atom stereocenters. The number of hydrogen-bond acceptors (Lipinski definition) is 4. The van der Waals surface area contributed by atoms with Gasteiger partial charge in [-0.15, -0.1) is 0 Å². The predicted molar refractivity (Wildman–Crippen MR) is 126 cm³/mol. The molecule has 0 atom stereocenters. The Labute approximate surface area is 183 Å². The molecule has 0 spiro atoms. The van der Waals surface area contributed by atoms with E-state index in [2.05, 4.69) is 97.3 Å². The fraction of sp³-hybridized carbons (Fsp3) is 0.261. The van der Waals surface area contributed by atoms with Crippen molar-refractivity contribution in [3.8, 4) is 0 Å². The molecule has 148 valence electrons. The van der Waals surface area contributed by atoms with Gasteiger partial charge in [0.25, 0.3) is 0 Å². The zero-order chi connectivity index (χ0) is 19.8. The lowest BCUT2D eigenvalue weighted by Gasteiger charge is -2.35. The molecule has 4 aromatic rings. The number of piperazine rings is 1. The predicted octanol–water partition coefficient (Wildman–Crippen LogP) is 5.64. The monoisotopic (exact) mass is 466 g/mol. The fourth-order valence-corrected chi connectivity index (χ4v) is 5.14. The van der Waals surface area contributed by atoms with Crippen molar-refractivity contribution in [1.29, 1.82) is 0 Å². The van der Waals surface area contributed by atoms with Crippen LogP contribution < -0.4 is 4.90 Å². The van der Waals surface area contributed by atoms with Crippen molar-refractivity contribution >= 4 is 50.2 Å². The third-order valence-electron chi connectivity index (χ3n) is 5.51. The lowest BCUT2D eigenvalue weighted by molar-refractivity contribution is 0.428. The summed E-state index contributed by atoms with van der Waals surface area (Å²) in [5.74, 6) is 1.08. The van der Waals surface area contributed by atoms with E-state index < -0.39 is 0 Å². The molecule has 0 radical (unpaired) electrons. The topological polar surface area (TPSA) is 23.8 Å². The second kappa shape index (κ2) is 8.01. The van der Waals surface area contributed by atoms with Crippen molar-refractivity contribution < 1.29 is 0 Å². The van der Waals surface area contributed by atoms with Gasteiger partial charge < -0.3 is 9.30 Å². The Kier molecular flexibility index (Phi) is 5.24. The highest BCUT2D eigenvalue weighted by Gasteiger charge is 2.21. The summed E-state index contributed by atoms with van der Waals surface area (Å²) in [6.45, 7) is 6.19. The third-order valence-corrected chi connectivity index (χ3v) is 7.11. The molecule has 0 N–H and O–H groups in total. The van der Waals surface area contributed by atoms with E-state index in [9.17, 15) is 0 Å². The molecule has 0 saturated carbocycles. The van der Waals surface area contributed by atoms with Gasteiger partial charge in [-0.3, -0.25) is 0 Å². The minimum atomic E-state index is 0.980. The van der Waals surface area contributed by atoms with Crippen molar-refractivity contribution in [2.24, 2.45) is 0 Å². The average Bonchev–Trinajstić information content (AvgIpc) is 3.24. The standard InChI is InChI=1S/C23H23BrN4S/c1-2-17-5-8-19(9-6-17)29-27-14-12-26(13-15-27)23-22-4-3-11-28(22)21-10-7-18(24)16-20(21)25-23/h3-11,16H,2,12-15H2,1H3. The summed E-state index contributed by atoms with van der Waals surface area (Å²) in [5.41, 5.74) is 4.73. The average molecular weight is 467 g/mol. The molecule has 1 aliphatic heterocycles. The Bertz CT molecular complexity index is 1150. The van der Waals surface area contributed by atoms with E-state index in [4.69, 9.17) is 4.98 Å². The highest BCUT2D eigenvalue weighted by molar-refractivity contribution is 9.10. The van der Waals surface area contributed by atoms with Crippen LogP contribution >= 0.6 is 27.9 Å². The number of halogens is 1. The van der Waals surface area contributed by atoms with Crippen molar-refractivity contribution in [3.05, 3.63) is 70.8 Å². The lowest BCUT2D eigenvalue weighted by Crippen LogP contribution is -2.44. The summed E-state index contributed by atoms with van der Waals surface area (Å²) in [4.78, 5) is 8.78. The smallest absolute Gasteiger partial charge is 0.153 e. The molecule has 29 heavy (non-hydrogen) atoms. The van der Waals surface area contributed by atoms with Crippen LogP contribution in [-0.4, -0.2) is 39.9 Å². The highest BCUT2D eigenvalue weighted by Crippen LogP contribution is 2.30. The molecule has 4 nitrogen and oxygen atoms in total. The van der Waals surface area contributed by atoms with Gasteiger partial charge in [0.05, 0.1) is 16.6 Å². The van der Waals surface area contributed by atoms with E-state index in [0.29, 0.717) is 0 Å². The Balaban J connectivity index is 1.36. The van der Waals surface area contributed by atoms with Crippen LogP contribution in [0.15, 0.2) is 70.2 Å². The first-order chi connectivity index (χ1) is 14.2. The van der Waals surface area contributed by atoms with Crippen molar-refractivity contribution in [2.45, 2.75) is 18.2 Å². The van der Waals surface area contributed by atoms with Gasteiger partial charge in [0.2, 0.25) is 0 Å². The minimum absolute atomic E-state index is 0.980. The Hall–Kier alpha value is -2.02. The summed E-state index contributed by atoms with van der Waals surface area (Å²) in [7, 11) is 0. The zero-order valence-electron chi connectivity index (χ0n) is 16.4. The number of aryl methyl sites for hydroxylation is 1. The Morgan fingerprint density at radius 3 is 2.52 bits per heavy atom. The molecule has 1 fully saturated rings. The van der Waals surface area contributed by atoms with Gasteiger partial charge in [-0.1, -0.05) is 35.0 Å². The number of benzene rings is 2. The molecule has 2 aromatic carbocycles. The number of anilines is 1. The molecule has 3 heterocycles. The molecule has 2 aromatic heterocycles. The zero-order valence-corrected chi connectivity index (χ0v) is 18.8. The van der Waals surface area contributed by atoms with Gasteiger partial charge in [-0.25, -0.2) is 9.29 Å². The van der Waals surface area contributed by atoms with E-state index in [1.54, 1.807) is 0 Å². The van der Waals surface area contributed by atoms with Crippen LogP contribution in [-0.2, 0) is 6.42 Å². The highest BCUT2D eigenvalue weighted by atomic mass is 79.9. The second-order valence-corrected chi connectivity index (χ2v) is 9.42. The maximum absolute atomic E-state index is 5.04. The lowest BCUT2D eigenvalue weighted by atomic mass is 10.2. The second-order valence-electron chi connectivity index (χ2n) is 7.34. The minimum Gasteiger partial charge on any atom is -0.352 e. The van der Waals surface area contributed by atoms with Gasteiger partial charge >= 0.3 is 0 Å². The first-order valence-electron chi connectivity index (χ1n) is 10.0. The number of hydrogen-bond donors (Lipinski definition) is 0. The Morgan fingerprint density at radius 1 is 0.966 bits per heavy atom. The maximum Gasteiger partial charge on any atom is 0.153 e. The van der Waals surface area contributed by atoms with Crippen LogP contribution in [0.5, 0.6) is 0 Å². The van der Waals surface area contributed by atoms with Crippen molar-refractivity contribution in [1.82, 2.24) is 13.7 Å². The van der Waals surface area contributed by atoms with Gasteiger partial charge in [0.1, 0.15) is 0 Å². The molecular weight excluding hydrogens is 444 g/mol. The van der Waals surface area contributed by atoms with Gasteiger partial charge in [-0.2, -0.15) is 0 Å². The largest absolute Gasteiger partial charge is 0.352 e. The summed E-state index contributed by atoms with van der Waals surface area (Å²) in [6, 6.07) is 19.5. The van der Waals surface area contributed by atoms with Crippen LogP contribution in [0.2, 0.25) is 0 Å². The molecule has 0 amide bonds. The van der Waals surface area contributed by atoms with Gasteiger partial charge in [0, 0.05) is 41.7 Å². The van der Waals surface area contributed by atoms with E-state index in [1.807, 2.05) is 11.9 Å². The van der Waals surface area contributed by atoms with Crippen LogP contribution in [0.3, 0.4) is 0 Å². The summed E-state index contributed by atoms with van der Waals surface area (Å²) in [6.07, 6.45) is 3.22. The summed E-state index contributed by atoms with van der Waals surface area (Å²) in [5, 5.41) is 0. The molecule has 0 bridgehead atoms. The molecule has 6 heteroatoms. The fourth-order valence-electron chi connectivity index (χ4n) is 3.89. The number of fused-ring (bicyclic) bond motifs is 3. The van der Waals surface area contributed by atoms with Crippen LogP contribution in [0.4, 0.5) is 5.82 Å². The van der Waals surface area contributed by atoms with Gasteiger partial charge in [0.15, 0.2) is 5.82 Å². The summed E-state index contributed by atoms with van der Waals surface area (Å²) >= 11 is 5.45. The first kappa shape index (κ1) is 19.0. The molecule has 1 aliphatic rings. The van der Waals surface area contributed by atoms with Gasteiger partial charge in [-0.05, 0) is 66.4 Å². The van der Waals surface area contributed by atoms with Crippen LogP contribution in [0, 0.1) is 0 Å².